The van der Waals surface area contributed by atoms with Crippen molar-refractivity contribution in [2.75, 3.05) is 6.79 Å². The number of fused-ring (bicyclic) bond motifs is 1. The van der Waals surface area contributed by atoms with E-state index in [1.165, 1.54) is 6.92 Å². The Morgan fingerprint density at radius 1 is 1.20 bits per heavy atom. The van der Waals surface area contributed by atoms with Gasteiger partial charge in [0.25, 0.3) is 5.91 Å². The van der Waals surface area contributed by atoms with E-state index in [-0.39, 0.29) is 12.7 Å². The Hall–Kier alpha value is -2.54. The van der Waals surface area contributed by atoms with Crippen LogP contribution in [-0.2, 0) is 16.1 Å². The van der Waals surface area contributed by atoms with Crippen molar-refractivity contribution in [1.82, 2.24) is 5.32 Å². The second-order valence-electron chi connectivity index (χ2n) is 5.43. The van der Waals surface area contributed by atoms with Crippen LogP contribution in [0.15, 0.2) is 46.9 Å². The van der Waals surface area contributed by atoms with Crippen LogP contribution in [0.4, 0.5) is 0 Å². The number of rotatable bonds is 5. The van der Waals surface area contributed by atoms with Gasteiger partial charge >= 0.3 is 5.97 Å². The molecule has 3 rings (SSSR count). The summed E-state index contributed by atoms with van der Waals surface area (Å²) >= 11 is 3.29. The average Bonchev–Trinajstić information content (AvgIpc) is 3.07. The van der Waals surface area contributed by atoms with Crippen LogP contribution in [-0.4, -0.2) is 24.8 Å². The fourth-order valence-corrected chi connectivity index (χ4v) is 2.73. The molecule has 0 radical (unpaired) electrons. The number of esters is 1. The van der Waals surface area contributed by atoms with Crippen LogP contribution in [0.25, 0.3) is 0 Å². The molecule has 0 fully saturated rings. The summed E-state index contributed by atoms with van der Waals surface area (Å²) in [6.07, 6.45) is -0.909. The second kappa shape index (κ2) is 7.57. The summed E-state index contributed by atoms with van der Waals surface area (Å²) in [5, 5.41) is 2.74. The molecule has 1 atom stereocenters. The van der Waals surface area contributed by atoms with Gasteiger partial charge in [-0.1, -0.05) is 18.2 Å². The molecule has 1 unspecified atom stereocenters. The zero-order valence-corrected chi connectivity index (χ0v) is 15.0. The molecule has 0 spiro atoms. The molecule has 0 aliphatic carbocycles. The Morgan fingerprint density at radius 3 is 2.76 bits per heavy atom. The Kier molecular flexibility index (Phi) is 5.23. The van der Waals surface area contributed by atoms with Gasteiger partial charge in [-0.15, -0.1) is 0 Å². The van der Waals surface area contributed by atoms with Gasteiger partial charge in [-0.3, -0.25) is 4.79 Å². The van der Waals surface area contributed by atoms with Gasteiger partial charge in [0.15, 0.2) is 17.6 Å². The summed E-state index contributed by atoms with van der Waals surface area (Å²) < 4.78 is 16.4. The fourth-order valence-electron chi connectivity index (χ4n) is 2.29. The maximum Gasteiger partial charge on any atom is 0.340 e. The number of ether oxygens (including phenoxy) is 3. The van der Waals surface area contributed by atoms with Crippen molar-refractivity contribution in [2.45, 2.75) is 19.6 Å². The lowest BCUT2D eigenvalue weighted by molar-refractivity contribution is -0.129. The minimum atomic E-state index is -0.909. The maximum atomic E-state index is 12.1. The summed E-state index contributed by atoms with van der Waals surface area (Å²) in [5.41, 5.74) is 1.24. The SMILES string of the molecule is CC(OC(=O)c1ccccc1Br)C(=O)NCc1ccc2c(c1)OCO2. The van der Waals surface area contributed by atoms with Crippen LogP contribution in [0.3, 0.4) is 0 Å². The first kappa shape index (κ1) is 17.3. The topological polar surface area (TPSA) is 73.9 Å². The molecule has 1 amide bonds. The maximum absolute atomic E-state index is 12.1. The zero-order chi connectivity index (χ0) is 17.8. The van der Waals surface area contributed by atoms with Crippen LogP contribution in [0.2, 0.25) is 0 Å². The minimum Gasteiger partial charge on any atom is -0.454 e. The van der Waals surface area contributed by atoms with Crippen molar-refractivity contribution in [3.63, 3.8) is 0 Å². The van der Waals surface area contributed by atoms with Crippen molar-refractivity contribution < 1.29 is 23.8 Å². The Bertz CT molecular complexity index is 808. The van der Waals surface area contributed by atoms with Gasteiger partial charge in [-0.2, -0.15) is 0 Å². The van der Waals surface area contributed by atoms with Gasteiger partial charge in [-0.25, -0.2) is 4.79 Å². The third-order valence-corrected chi connectivity index (χ3v) is 4.34. The van der Waals surface area contributed by atoms with E-state index < -0.39 is 12.1 Å². The highest BCUT2D eigenvalue weighted by atomic mass is 79.9. The molecule has 1 aliphatic heterocycles. The number of nitrogens with one attached hydrogen (secondary N) is 1. The van der Waals surface area contributed by atoms with E-state index in [0.717, 1.165) is 5.56 Å². The number of hydrogen-bond donors (Lipinski definition) is 1. The van der Waals surface area contributed by atoms with Crippen LogP contribution in [0.5, 0.6) is 11.5 Å². The predicted molar refractivity (Wildman–Crippen MR) is 93.4 cm³/mol. The molecule has 1 aliphatic rings. The van der Waals surface area contributed by atoms with E-state index in [2.05, 4.69) is 21.2 Å². The van der Waals surface area contributed by atoms with Gasteiger partial charge in [-0.05, 0) is 52.7 Å². The normalized spacial score (nSPS) is 13.2. The van der Waals surface area contributed by atoms with Gasteiger partial charge < -0.3 is 19.5 Å². The first-order valence-corrected chi connectivity index (χ1v) is 8.45. The highest BCUT2D eigenvalue weighted by Crippen LogP contribution is 2.32. The average molecular weight is 406 g/mol. The van der Waals surface area contributed by atoms with E-state index in [0.29, 0.717) is 28.1 Å². The molecule has 1 heterocycles. The van der Waals surface area contributed by atoms with Gasteiger partial charge in [0.05, 0.1) is 5.56 Å². The van der Waals surface area contributed by atoms with E-state index in [1.807, 2.05) is 6.07 Å². The van der Waals surface area contributed by atoms with Gasteiger partial charge in [0.1, 0.15) is 0 Å². The van der Waals surface area contributed by atoms with Gasteiger partial charge in [0.2, 0.25) is 6.79 Å². The molecule has 6 nitrogen and oxygen atoms in total. The predicted octanol–water partition coefficient (Wildman–Crippen LogP) is 3.04. The zero-order valence-electron chi connectivity index (χ0n) is 13.5. The summed E-state index contributed by atoms with van der Waals surface area (Å²) in [5.74, 6) is 0.405. The molecule has 2 aromatic rings. The van der Waals surface area contributed by atoms with E-state index >= 15 is 0 Å². The first-order chi connectivity index (χ1) is 12.0. The number of carbonyl (C=O) groups is 2. The molecule has 7 heteroatoms. The van der Waals surface area contributed by atoms with E-state index in [9.17, 15) is 9.59 Å². The smallest absolute Gasteiger partial charge is 0.340 e. The third kappa shape index (κ3) is 4.11. The van der Waals surface area contributed by atoms with Crippen molar-refractivity contribution in [3.8, 4) is 11.5 Å². The number of hydrogen-bond acceptors (Lipinski definition) is 5. The fraction of sp³-hybridized carbons (Fsp3) is 0.222. The lowest BCUT2D eigenvalue weighted by atomic mass is 10.2. The summed E-state index contributed by atoms with van der Waals surface area (Å²) in [6, 6.07) is 12.3. The molecule has 0 saturated carbocycles. The van der Waals surface area contributed by atoms with Crippen molar-refractivity contribution in [3.05, 3.63) is 58.1 Å². The van der Waals surface area contributed by atoms with Crippen LogP contribution < -0.4 is 14.8 Å². The number of halogens is 1. The lowest BCUT2D eigenvalue weighted by Gasteiger charge is -2.14. The molecular weight excluding hydrogens is 390 g/mol. The van der Waals surface area contributed by atoms with E-state index in [1.54, 1.807) is 36.4 Å². The van der Waals surface area contributed by atoms with Crippen molar-refractivity contribution >= 4 is 27.8 Å². The minimum absolute atomic E-state index is 0.202. The van der Waals surface area contributed by atoms with Crippen LogP contribution in [0, 0.1) is 0 Å². The van der Waals surface area contributed by atoms with Crippen molar-refractivity contribution in [2.24, 2.45) is 0 Å². The van der Waals surface area contributed by atoms with E-state index in [4.69, 9.17) is 14.2 Å². The molecule has 2 aromatic carbocycles. The molecule has 25 heavy (non-hydrogen) atoms. The second-order valence-corrected chi connectivity index (χ2v) is 6.29. The number of carbonyl (C=O) groups excluding carboxylic acids is 2. The molecule has 0 aromatic heterocycles. The van der Waals surface area contributed by atoms with Crippen LogP contribution in [0.1, 0.15) is 22.8 Å². The lowest BCUT2D eigenvalue weighted by Crippen LogP contribution is -2.35. The molecule has 130 valence electrons. The standard InChI is InChI=1S/C18H16BrNO5/c1-11(25-18(22)13-4-2-3-5-14(13)19)17(21)20-9-12-6-7-15-16(8-12)24-10-23-15/h2-8,11H,9-10H2,1H3,(H,20,21). The quantitative estimate of drug-likeness (QED) is 0.773. The highest BCUT2D eigenvalue weighted by molar-refractivity contribution is 9.10. The summed E-state index contributed by atoms with van der Waals surface area (Å²) in [7, 11) is 0. The highest BCUT2D eigenvalue weighted by Gasteiger charge is 2.20. The Balaban J connectivity index is 1.54. The number of amides is 1. The monoisotopic (exact) mass is 405 g/mol. The summed E-state index contributed by atoms with van der Waals surface area (Å²) in [6.45, 7) is 2.03. The molecule has 0 bridgehead atoms. The Morgan fingerprint density at radius 2 is 1.96 bits per heavy atom. The largest absolute Gasteiger partial charge is 0.454 e. The number of benzene rings is 2. The molecular formula is C18H16BrNO5. The first-order valence-electron chi connectivity index (χ1n) is 7.66. The molecule has 1 N–H and O–H groups in total. The van der Waals surface area contributed by atoms with Gasteiger partial charge in [0, 0.05) is 11.0 Å². The summed E-state index contributed by atoms with van der Waals surface area (Å²) in [4.78, 5) is 24.3. The van der Waals surface area contributed by atoms with Crippen LogP contribution >= 0.6 is 15.9 Å². The molecule has 0 saturated heterocycles. The Labute approximate surface area is 153 Å². The van der Waals surface area contributed by atoms with Crippen molar-refractivity contribution in [1.29, 1.82) is 0 Å². The third-order valence-electron chi connectivity index (χ3n) is 3.65.